The fourth-order valence-corrected chi connectivity index (χ4v) is 6.50. The molecular formula is C23H29N3O5S2. The van der Waals surface area contributed by atoms with Crippen LogP contribution < -0.4 is 15.4 Å². The van der Waals surface area contributed by atoms with Gasteiger partial charge in [-0.3, -0.25) is 9.59 Å². The third kappa shape index (κ3) is 5.81. The maximum absolute atomic E-state index is 13.0. The zero-order valence-corrected chi connectivity index (χ0v) is 20.2. The highest BCUT2D eigenvalue weighted by Gasteiger charge is 2.29. The van der Waals surface area contributed by atoms with Gasteiger partial charge in [-0.2, -0.15) is 0 Å². The van der Waals surface area contributed by atoms with Crippen LogP contribution in [0.1, 0.15) is 63.3 Å². The molecule has 0 radical (unpaired) electrons. The van der Waals surface area contributed by atoms with Gasteiger partial charge in [0.2, 0.25) is 10.0 Å². The van der Waals surface area contributed by atoms with Gasteiger partial charge in [-0.25, -0.2) is 13.1 Å². The van der Waals surface area contributed by atoms with Crippen LogP contribution in [0.5, 0.6) is 0 Å². The molecule has 0 unspecified atom stereocenters. The maximum atomic E-state index is 13.0. The standard InChI is InChI=1S/C23H29N3O5S2/c1-31-13-5-12-24-22(28)20-18-8-2-3-9-19(18)32-23(20)25-21(27)15-6-4-7-17(14-15)33(29,30)26-16-10-11-16/h4,6-7,14,16,26H,2-3,5,8-13H2,1H3,(H,24,28)(H,25,27). The summed E-state index contributed by atoms with van der Waals surface area (Å²) >= 11 is 1.44. The molecule has 10 heteroatoms. The summed E-state index contributed by atoms with van der Waals surface area (Å²) in [7, 11) is -2.05. The third-order valence-corrected chi connectivity index (χ3v) is 8.47. The number of aryl methyl sites for hydroxylation is 1. The fraction of sp³-hybridized carbons (Fsp3) is 0.478. The average molecular weight is 492 g/mol. The van der Waals surface area contributed by atoms with Crippen LogP contribution in [0.2, 0.25) is 0 Å². The molecular weight excluding hydrogens is 462 g/mol. The SMILES string of the molecule is COCCCNC(=O)c1c(NC(=O)c2cccc(S(=O)(=O)NC3CC3)c2)sc2c1CCCC2. The number of anilines is 1. The van der Waals surface area contributed by atoms with E-state index < -0.39 is 15.9 Å². The number of thiophene rings is 1. The maximum Gasteiger partial charge on any atom is 0.256 e. The summed E-state index contributed by atoms with van der Waals surface area (Å²) < 4.78 is 32.7. The minimum absolute atomic E-state index is 0.0186. The topological polar surface area (TPSA) is 114 Å². The Bertz CT molecular complexity index is 1140. The van der Waals surface area contributed by atoms with Crippen molar-refractivity contribution in [3.05, 3.63) is 45.8 Å². The number of sulfonamides is 1. The number of benzene rings is 1. The Labute approximate surface area is 198 Å². The first kappa shape index (κ1) is 23.9. The second-order valence-electron chi connectivity index (χ2n) is 8.39. The average Bonchev–Trinajstić information content (AvgIpc) is 3.53. The molecule has 3 N–H and O–H groups in total. The van der Waals surface area contributed by atoms with E-state index >= 15 is 0 Å². The smallest absolute Gasteiger partial charge is 0.256 e. The monoisotopic (exact) mass is 491 g/mol. The van der Waals surface area contributed by atoms with Gasteiger partial charge >= 0.3 is 0 Å². The first-order valence-electron chi connectivity index (χ1n) is 11.2. The van der Waals surface area contributed by atoms with Crippen molar-refractivity contribution in [1.29, 1.82) is 0 Å². The summed E-state index contributed by atoms with van der Waals surface area (Å²) in [5.41, 5.74) is 1.77. The number of nitrogens with one attached hydrogen (secondary N) is 3. The number of ether oxygens (including phenoxy) is 1. The molecule has 1 aromatic carbocycles. The van der Waals surface area contributed by atoms with Gasteiger partial charge in [0.05, 0.1) is 10.5 Å². The zero-order valence-electron chi connectivity index (χ0n) is 18.6. The zero-order chi connectivity index (χ0) is 23.4. The van der Waals surface area contributed by atoms with Crippen LogP contribution in [0.4, 0.5) is 5.00 Å². The van der Waals surface area contributed by atoms with E-state index in [-0.39, 0.29) is 22.4 Å². The number of fused-ring (bicyclic) bond motifs is 1. The molecule has 1 heterocycles. The summed E-state index contributed by atoms with van der Waals surface area (Å²) in [6, 6.07) is 5.96. The van der Waals surface area contributed by atoms with Crippen molar-refractivity contribution < 1.29 is 22.7 Å². The van der Waals surface area contributed by atoms with E-state index in [2.05, 4.69) is 15.4 Å². The molecule has 0 atom stereocenters. The number of carbonyl (C=O) groups excluding carboxylic acids is 2. The normalized spacial score (nSPS) is 15.7. The van der Waals surface area contributed by atoms with Crippen LogP contribution in [-0.4, -0.2) is 46.5 Å². The van der Waals surface area contributed by atoms with Crippen LogP contribution in [0.15, 0.2) is 29.2 Å². The van der Waals surface area contributed by atoms with Gasteiger partial charge in [-0.05, 0) is 68.7 Å². The number of amides is 2. The number of rotatable bonds is 10. The van der Waals surface area contributed by atoms with E-state index in [1.165, 1.54) is 23.5 Å². The molecule has 8 nitrogen and oxygen atoms in total. The molecule has 0 bridgehead atoms. The van der Waals surface area contributed by atoms with E-state index in [4.69, 9.17) is 4.74 Å². The molecule has 1 aromatic heterocycles. The predicted molar refractivity (Wildman–Crippen MR) is 128 cm³/mol. The van der Waals surface area contributed by atoms with Gasteiger partial charge in [0.1, 0.15) is 5.00 Å². The van der Waals surface area contributed by atoms with Crippen LogP contribution in [-0.2, 0) is 27.6 Å². The third-order valence-electron chi connectivity index (χ3n) is 5.74. The minimum Gasteiger partial charge on any atom is -0.385 e. The van der Waals surface area contributed by atoms with Crippen molar-refractivity contribution in [1.82, 2.24) is 10.0 Å². The van der Waals surface area contributed by atoms with Crippen molar-refractivity contribution >= 4 is 38.2 Å². The Morgan fingerprint density at radius 1 is 1.15 bits per heavy atom. The van der Waals surface area contributed by atoms with Crippen molar-refractivity contribution in [2.75, 3.05) is 25.6 Å². The van der Waals surface area contributed by atoms with Crippen LogP contribution in [0, 0.1) is 0 Å². The van der Waals surface area contributed by atoms with Crippen LogP contribution in [0.3, 0.4) is 0 Å². The first-order valence-corrected chi connectivity index (χ1v) is 13.5. The van der Waals surface area contributed by atoms with E-state index in [9.17, 15) is 18.0 Å². The second-order valence-corrected chi connectivity index (χ2v) is 11.2. The number of hydrogen-bond donors (Lipinski definition) is 3. The highest BCUT2D eigenvalue weighted by atomic mass is 32.2. The van der Waals surface area contributed by atoms with Crippen molar-refractivity contribution in [3.8, 4) is 0 Å². The Morgan fingerprint density at radius 2 is 1.94 bits per heavy atom. The molecule has 2 aromatic rings. The van der Waals surface area contributed by atoms with Gasteiger partial charge in [-0.15, -0.1) is 11.3 Å². The van der Waals surface area contributed by atoms with Gasteiger partial charge < -0.3 is 15.4 Å². The van der Waals surface area contributed by atoms with Gasteiger partial charge in [-0.1, -0.05) is 6.07 Å². The van der Waals surface area contributed by atoms with Crippen LogP contribution >= 0.6 is 11.3 Å². The predicted octanol–water partition coefficient (Wildman–Crippen LogP) is 3.09. The molecule has 0 spiro atoms. The Balaban J connectivity index is 1.55. The molecule has 178 valence electrons. The molecule has 33 heavy (non-hydrogen) atoms. The summed E-state index contributed by atoms with van der Waals surface area (Å²) in [5, 5.41) is 6.32. The molecule has 1 saturated carbocycles. The van der Waals surface area contributed by atoms with Crippen molar-refractivity contribution in [2.24, 2.45) is 0 Å². The van der Waals surface area contributed by atoms with Crippen LogP contribution in [0.25, 0.3) is 0 Å². The number of methoxy groups -OCH3 is 1. The molecule has 0 aliphatic heterocycles. The summed E-state index contributed by atoms with van der Waals surface area (Å²) in [6.07, 6.45) is 6.13. The highest BCUT2D eigenvalue weighted by Crippen LogP contribution is 2.38. The summed E-state index contributed by atoms with van der Waals surface area (Å²) in [4.78, 5) is 27.2. The lowest BCUT2D eigenvalue weighted by molar-refractivity contribution is 0.0948. The molecule has 2 aliphatic carbocycles. The lowest BCUT2D eigenvalue weighted by Crippen LogP contribution is -2.27. The molecule has 4 rings (SSSR count). The lowest BCUT2D eigenvalue weighted by Gasteiger charge is -2.13. The highest BCUT2D eigenvalue weighted by molar-refractivity contribution is 7.89. The first-order chi connectivity index (χ1) is 15.9. The molecule has 0 saturated heterocycles. The van der Waals surface area contributed by atoms with E-state index in [1.807, 2.05) is 0 Å². The van der Waals surface area contributed by atoms with Gasteiger partial charge in [0.25, 0.3) is 11.8 Å². The van der Waals surface area contributed by atoms with Crippen molar-refractivity contribution in [2.45, 2.75) is 55.9 Å². The quantitative estimate of drug-likeness (QED) is 0.442. The Morgan fingerprint density at radius 3 is 2.70 bits per heavy atom. The Kier molecular flexibility index (Phi) is 7.48. The Hall–Kier alpha value is -2.27. The lowest BCUT2D eigenvalue weighted by atomic mass is 9.95. The number of hydrogen-bond acceptors (Lipinski definition) is 6. The molecule has 1 fully saturated rings. The number of carbonyl (C=O) groups is 2. The van der Waals surface area contributed by atoms with Crippen molar-refractivity contribution in [3.63, 3.8) is 0 Å². The summed E-state index contributed by atoms with van der Waals surface area (Å²) in [6.45, 7) is 1.04. The largest absolute Gasteiger partial charge is 0.385 e. The van der Waals surface area contributed by atoms with E-state index in [0.29, 0.717) is 30.1 Å². The molecule has 2 aliphatic rings. The second kappa shape index (κ2) is 10.3. The summed E-state index contributed by atoms with van der Waals surface area (Å²) in [5.74, 6) is -0.642. The van der Waals surface area contributed by atoms with Gasteiger partial charge in [0.15, 0.2) is 0 Å². The molecule has 2 amide bonds. The fourth-order valence-electron chi connectivity index (χ4n) is 3.87. The van der Waals surface area contributed by atoms with E-state index in [1.54, 1.807) is 19.2 Å². The minimum atomic E-state index is -3.67. The van der Waals surface area contributed by atoms with E-state index in [0.717, 1.165) is 49.0 Å². The van der Waals surface area contributed by atoms with Gasteiger partial charge in [0, 0.05) is 36.7 Å².